The second-order valence-electron chi connectivity index (χ2n) is 7.71. The largest absolute Gasteiger partial charge is 0.506 e. The van der Waals surface area contributed by atoms with E-state index in [1.807, 2.05) is 6.07 Å². The number of hydrogen-bond donors (Lipinski definition) is 1. The summed E-state index contributed by atoms with van der Waals surface area (Å²) in [6.45, 7) is 2.26. The van der Waals surface area contributed by atoms with E-state index in [4.69, 9.17) is 0 Å². The van der Waals surface area contributed by atoms with Crippen molar-refractivity contribution in [1.82, 2.24) is 4.57 Å². The lowest BCUT2D eigenvalue weighted by Gasteiger charge is -2.12. The van der Waals surface area contributed by atoms with E-state index in [-0.39, 0.29) is 0 Å². The molecule has 0 aliphatic rings. The zero-order valence-electron chi connectivity index (χ0n) is 16.7. The molecule has 0 unspecified atom stereocenters. The van der Waals surface area contributed by atoms with Gasteiger partial charge in [0.25, 0.3) is 0 Å². The maximum atomic E-state index is 10.7. The minimum atomic E-state index is 0.332. The molecule has 3 aromatic carbocycles. The highest BCUT2D eigenvalue weighted by molar-refractivity contribution is 6.09. The molecule has 2 nitrogen and oxygen atoms in total. The van der Waals surface area contributed by atoms with Gasteiger partial charge < -0.3 is 9.67 Å². The van der Waals surface area contributed by atoms with Gasteiger partial charge in [0.05, 0.1) is 16.7 Å². The first-order chi connectivity index (χ1) is 13.8. The average Bonchev–Trinajstić information content (AvgIpc) is 3.06. The van der Waals surface area contributed by atoms with Gasteiger partial charge in [-0.3, -0.25) is 0 Å². The van der Waals surface area contributed by atoms with E-state index >= 15 is 0 Å². The molecule has 0 aliphatic heterocycles. The van der Waals surface area contributed by atoms with E-state index in [1.165, 1.54) is 54.9 Å². The Morgan fingerprint density at radius 3 is 2.00 bits per heavy atom. The van der Waals surface area contributed by atoms with Crippen molar-refractivity contribution in [2.45, 2.75) is 51.9 Å². The normalized spacial score (nSPS) is 11.5. The standard InChI is InChI=1S/C26H29NO/c1-2-3-4-5-6-7-12-20-17-18-26(28)25(19-20)27-23-15-10-8-13-21(23)22-14-9-11-16-24(22)27/h8-11,13-19,28H,2-7,12H2,1H3. The molecule has 0 spiro atoms. The predicted octanol–water partition coefficient (Wildman–Crippen LogP) is 7.39. The van der Waals surface area contributed by atoms with Crippen LogP contribution in [0, 0.1) is 0 Å². The molecular weight excluding hydrogens is 342 g/mol. The van der Waals surface area contributed by atoms with Crippen LogP contribution in [0.2, 0.25) is 0 Å². The molecule has 0 saturated carbocycles. The van der Waals surface area contributed by atoms with Crippen LogP contribution in [-0.4, -0.2) is 9.67 Å². The van der Waals surface area contributed by atoms with Gasteiger partial charge in [0.15, 0.2) is 0 Å². The van der Waals surface area contributed by atoms with Crippen LogP contribution in [0.1, 0.15) is 51.0 Å². The minimum Gasteiger partial charge on any atom is -0.506 e. The van der Waals surface area contributed by atoms with Crippen LogP contribution in [0.5, 0.6) is 5.75 Å². The van der Waals surface area contributed by atoms with Crippen LogP contribution >= 0.6 is 0 Å². The fourth-order valence-electron chi connectivity index (χ4n) is 4.20. The lowest BCUT2D eigenvalue weighted by atomic mass is 10.0. The minimum absolute atomic E-state index is 0.332. The fourth-order valence-corrected chi connectivity index (χ4v) is 4.20. The van der Waals surface area contributed by atoms with Gasteiger partial charge in [-0.1, -0.05) is 81.5 Å². The molecule has 28 heavy (non-hydrogen) atoms. The molecule has 4 aromatic rings. The first-order valence-corrected chi connectivity index (χ1v) is 10.6. The third kappa shape index (κ3) is 3.64. The highest BCUT2D eigenvalue weighted by Crippen LogP contribution is 2.35. The molecule has 1 N–H and O–H groups in total. The summed E-state index contributed by atoms with van der Waals surface area (Å²) in [5.74, 6) is 0.332. The van der Waals surface area contributed by atoms with Gasteiger partial charge in [-0.15, -0.1) is 0 Å². The lowest BCUT2D eigenvalue weighted by molar-refractivity contribution is 0.473. The Labute approximate surface area is 167 Å². The summed E-state index contributed by atoms with van der Waals surface area (Å²) in [6, 6.07) is 23.0. The number of phenolic OH excluding ortho intramolecular Hbond substituents is 1. The number of fused-ring (bicyclic) bond motifs is 3. The molecule has 1 aromatic heterocycles. The quantitative estimate of drug-likeness (QED) is 0.321. The highest BCUT2D eigenvalue weighted by Gasteiger charge is 2.14. The molecule has 0 fully saturated rings. The number of benzene rings is 3. The van der Waals surface area contributed by atoms with E-state index in [1.54, 1.807) is 0 Å². The number of rotatable bonds is 8. The van der Waals surface area contributed by atoms with Gasteiger partial charge in [-0.05, 0) is 42.7 Å². The Bertz CT molecular complexity index is 1020. The Morgan fingerprint density at radius 1 is 0.714 bits per heavy atom. The first-order valence-electron chi connectivity index (χ1n) is 10.6. The second-order valence-corrected chi connectivity index (χ2v) is 7.71. The van der Waals surface area contributed by atoms with Crippen molar-refractivity contribution < 1.29 is 5.11 Å². The van der Waals surface area contributed by atoms with Crippen LogP contribution in [0.15, 0.2) is 66.7 Å². The topological polar surface area (TPSA) is 25.2 Å². The van der Waals surface area contributed by atoms with Crippen molar-refractivity contribution in [1.29, 1.82) is 0 Å². The zero-order valence-corrected chi connectivity index (χ0v) is 16.7. The van der Waals surface area contributed by atoms with Crippen LogP contribution in [0.25, 0.3) is 27.5 Å². The molecular formula is C26H29NO. The molecule has 0 saturated heterocycles. The molecule has 0 bridgehead atoms. The van der Waals surface area contributed by atoms with Gasteiger partial charge >= 0.3 is 0 Å². The molecule has 0 amide bonds. The molecule has 2 heteroatoms. The summed E-state index contributed by atoms with van der Waals surface area (Å²) in [6.07, 6.45) is 8.87. The fraction of sp³-hybridized carbons (Fsp3) is 0.308. The van der Waals surface area contributed by atoms with Crippen molar-refractivity contribution in [3.05, 3.63) is 72.3 Å². The predicted molar refractivity (Wildman–Crippen MR) is 120 cm³/mol. The number of phenols is 1. The van der Waals surface area contributed by atoms with E-state index in [9.17, 15) is 5.11 Å². The van der Waals surface area contributed by atoms with Gasteiger partial charge in [0.1, 0.15) is 5.75 Å². The Balaban J connectivity index is 1.67. The summed E-state index contributed by atoms with van der Waals surface area (Å²) in [4.78, 5) is 0. The number of para-hydroxylation sites is 2. The van der Waals surface area contributed by atoms with Crippen LogP contribution in [0.4, 0.5) is 0 Å². The van der Waals surface area contributed by atoms with Crippen LogP contribution < -0.4 is 0 Å². The summed E-state index contributed by atoms with van der Waals surface area (Å²) < 4.78 is 2.20. The van der Waals surface area contributed by atoms with Crippen LogP contribution in [0.3, 0.4) is 0 Å². The smallest absolute Gasteiger partial charge is 0.139 e. The van der Waals surface area contributed by atoms with Gasteiger partial charge in [0.2, 0.25) is 0 Å². The van der Waals surface area contributed by atoms with E-state index in [0.717, 1.165) is 23.1 Å². The Kier molecular flexibility index (Phi) is 5.66. The van der Waals surface area contributed by atoms with Crippen molar-refractivity contribution in [3.63, 3.8) is 0 Å². The third-order valence-corrected chi connectivity index (χ3v) is 5.68. The summed E-state index contributed by atoms with van der Waals surface area (Å²) in [5.41, 5.74) is 4.44. The van der Waals surface area contributed by atoms with E-state index in [0.29, 0.717) is 5.75 Å². The molecule has 0 aliphatic carbocycles. The summed E-state index contributed by atoms with van der Waals surface area (Å²) in [7, 11) is 0. The monoisotopic (exact) mass is 371 g/mol. The molecule has 1 heterocycles. The SMILES string of the molecule is CCCCCCCCc1ccc(O)c(-n2c3ccccc3c3ccccc32)c1. The van der Waals surface area contributed by atoms with Crippen LogP contribution in [-0.2, 0) is 6.42 Å². The molecule has 4 rings (SSSR count). The third-order valence-electron chi connectivity index (χ3n) is 5.68. The number of nitrogens with zero attached hydrogens (tertiary/aromatic N) is 1. The zero-order chi connectivity index (χ0) is 19.3. The number of unbranched alkanes of at least 4 members (excludes halogenated alkanes) is 5. The molecule has 0 radical (unpaired) electrons. The van der Waals surface area contributed by atoms with E-state index in [2.05, 4.69) is 72.2 Å². The van der Waals surface area contributed by atoms with Gasteiger partial charge in [-0.25, -0.2) is 0 Å². The maximum absolute atomic E-state index is 10.7. The molecule has 144 valence electrons. The number of aromatic hydroxyl groups is 1. The summed E-state index contributed by atoms with van der Waals surface area (Å²) in [5, 5.41) is 13.1. The highest BCUT2D eigenvalue weighted by atomic mass is 16.3. The van der Waals surface area contributed by atoms with Crippen molar-refractivity contribution >= 4 is 21.8 Å². The maximum Gasteiger partial charge on any atom is 0.139 e. The molecule has 0 atom stereocenters. The van der Waals surface area contributed by atoms with Crippen molar-refractivity contribution in [2.24, 2.45) is 0 Å². The number of aromatic nitrogens is 1. The Hall–Kier alpha value is -2.74. The van der Waals surface area contributed by atoms with Crippen molar-refractivity contribution in [3.8, 4) is 11.4 Å². The summed E-state index contributed by atoms with van der Waals surface area (Å²) >= 11 is 0. The second kappa shape index (κ2) is 8.52. The number of aryl methyl sites for hydroxylation is 1. The average molecular weight is 372 g/mol. The Morgan fingerprint density at radius 2 is 1.32 bits per heavy atom. The van der Waals surface area contributed by atoms with Crippen molar-refractivity contribution in [2.75, 3.05) is 0 Å². The van der Waals surface area contributed by atoms with Gasteiger partial charge in [-0.2, -0.15) is 0 Å². The lowest BCUT2D eigenvalue weighted by Crippen LogP contribution is -1.96. The van der Waals surface area contributed by atoms with E-state index < -0.39 is 0 Å². The first kappa shape index (κ1) is 18.6. The number of hydrogen-bond acceptors (Lipinski definition) is 1. The van der Waals surface area contributed by atoms with Gasteiger partial charge in [0, 0.05) is 10.8 Å².